The van der Waals surface area contributed by atoms with Crippen molar-refractivity contribution in [3.8, 4) is 0 Å². The summed E-state index contributed by atoms with van der Waals surface area (Å²) in [5, 5.41) is 16.8. The lowest BCUT2D eigenvalue weighted by molar-refractivity contribution is 0.0614. The number of anilines is 2. The van der Waals surface area contributed by atoms with E-state index in [0.29, 0.717) is 6.54 Å². The van der Waals surface area contributed by atoms with E-state index in [1.807, 2.05) is 19.9 Å². The molecule has 2 rings (SSSR count). The van der Waals surface area contributed by atoms with E-state index < -0.39 is 5.60 Å². The zero-order valence-corrected chi connectivity index (χ0v) is 11.9. The summed E-state index contributed by atoms with van der Waals surface area (Å²) in [6.07, 6.45) is 4.80. The van der Waals surface area contributed by atoms with E-state index in [4.69, 9.17) is 0 Å². The standard InChI is InChI=1S/C14H24N4O/c1-3-11-17-12(15-4-2)9-13(18-11)16-10-14(19)7-5-6-8-14/h9,19H,3-8,10H2,1-2H3,(H2,15,16,17,18). The summed E-state index contributed by atoms with van der Waals surface area (Å²) in [6.45, 7) is 5.49. The van der Waals surface area contributed by atoms with Crippen molar-refractivity contribution in [3.05, 3.63) is 11.9 Å². The lowest BCUT2D eigenvalue weighted by Gasteiger charge is -2.23. The Balaban J connectivity index is 2.04. The molecule has 19 heavy (non-hydrogen) atoms. The molecule has 1 heterocycles. The number of nitrogens with one attached hydrogen (secondary N) is 2. The van der Waals surface area contributed by atoms with Crippen LogP contribution in [0, 0.1) is 0 Å². The number of aryl methyl sites for hydroxylation is 1. The summed E-state index contributed by atoms with van der Waals surface area (Å²) in [7, 11) is 0. The number of aromatic nitrogens is 2. The van der Waals surface area contributed by atoms with Gasteiger partial charge in [-0.25, -0.2) is 9.97 Å². The van der Waals surface area contributed by atoms with E-state index in [0.717, 1.165) is 56.1 Å². The van der Waals surface area contributed by atoms with Gasteiger partial charge in [-0.3, -0.25) is 0 Å². The van der Waals surface area contributed by atoms with Gasteiger partial charge in [0.15, 0.2) is 0 Å². The molecule has 0 amide bonds. The van der Waals surface area contributed by atoms with Gasteiger partial charge in [-0.2, -0.15) is 0 Å². The van der Waals surface area contributed by atoms with Gasteiger partial charge < -0.3 is 15.7 Å². The molecule has 1 aliphatic carbocycles. The molecule has 0 bridgehead atoms. The Kier molecular flexibility index (Phi) is 4.58. The zero-order chi connectivity index (χ0) is 13.7. The first-order valence-electron chi connectivity index (χ1n) is 7.23. The van der Waals surface area contributed by atoms with Crippen molar-refractivity contribution >= 4 is 11.6 Å². The maximum Gasteiger partial charge on any atom is 0.132 e. The van der Waals surface area contributed by atoms with Crippen molar-refractivity contribution in [1.82, 2.24) is 9.97 Å². The van der Waals surface area contributed by atoms with Crippen molar-refractivity contribution in [2.75, 3.05) is 23.7 Å². The Bertz CT molecular complexity index is 416. The topological polar surface area (TPSA) is 70.1 Å². The monoisotopic (exact) mass is 264 g/mol. The van der Waals surface area contributed by atoms with Gasteiger partial charge in [0.1, 0.15) is 17.5 Å². The SMILES string of the molecule is CCNc1cc(NCC2(O)CCCC2)nc(CC)n1. The molecule has 0 aliphatic heterocycles. The van der Waals surface area contributed by atoms with Crippen LogP contribution >= 0.6 is 0 Å². The van der Waals surface area contributed by atoms with Crippen LogP contribution in [0.25, 0.3) is 0 Å². The fraction of sp³-hybridized carbons (Fsp3) is 0.714. The van der Waals surface area contributed by atoms with Crippen LogP contribution in [-0.2, 0) is 6.42 Å². The average Bonchev–Trinajstić information content (AvgIpc) is 2.84. The molecule has 3 N–H and O–H groups in total. The molecule has 1 aliphatic rings. The maximum atomic E-state index is 10.3. The Morgan fingerprint density at radius 2 is 1.79 bits per heavy atom. The minimum absolute atomic E-state index is 0.560. The van der Waals surface area contributed by atoms with Gasteiger partial charge in [-0.1, -0.05) is 19.8 Å². The quantitative estimate of drug-likeness (QED) is 0.734. The van der Waals surface area contributed by atoms with E-state index in [-0.39, 0.29) is 0 Å². The molecule has 1 saturated carbocycles. The highest BCUT2D eigenvalue weighted by molar-refractivity contribution is 5.47. The molecule has 0 radical (unpaired) electrons. The molecule has 0 unspecified atom stereocenters. The molecular formula is C14H24N4O. The number of rotatable bonds is 6. The molecule has 5 nitrogen and oxygen atoms in total. The molecule has 5 heteroatoms. The third-order valence-electron chi connectivity index (χ3n) is 3.58. The summed E-state index contributed by atoms with van der Waals surface area (Å²) < 4.78 is 0. The van der Waals surface area contributed by atoms with E-state index in [9.17, 15) is 5.11 Å². The average molecular weight is 264 g/mol. The first kappa shape index (κ1) is 14.1. The molecule has 0 aromatic carbocycles. The van der Waals surface area contributed by atoms with Crippen LogP contribution in [0.2, 0.25) is 0 Å². The number of aliphatic hydroxyl groups is 1. The largest absolute Gasteiger partial charge is 0.388 e. The van der Waals surface area contributed by atoms with Crippen LogP contribution in [0.15, 0.2) is 6.07 Å². The van der Waals surface area contributed by atoms with Gasteiger partial charge >= 0.3 is 0 Å². The second-order valence-electron chi connectivity index (χ2n) is 5.22. The highest BCUT2D eigenvalue weighted by Gasteiger charge is 2.30. The number of hydrogen-bond acceptors (Lipinski definition) is 5. The Hall–Kier alpha value is -1.36. The van der Waals surface area contributed by atoms with Crippen LogP contribution < -0.4 is 10.6 Å². The third kappa shape index (κ3) is 3.80. The molecule has 0 atom stereocenters. The first-order chi connectivity index (χ1) is 9.15. The lowest BCUT2D eigenvalue weighted by atomic mass is 10.0. The molecule has 1 aromatic rings. The summed E-state index contributed by atoms with van der Waals surface area (Å²) >= 11 is 0. The van der Waals surface area contributed by atoms with E-state index in [1.54, 1.807) is 0 Å². The van der Waals surface area contributed by atoms with Crippen LogP contribution in [-0.4, -0.2) is 33.8 Å². The normalized spacial score (nSPS) is 17.4. The predicted octanol–water partition coefficient (Wildman–Crippen LogP) is 2.19. The van der Waals surface area contributed by atoms with E-state index in [2.05, 4.69) is 20.6 Å². The van der Waals surface area contributed by atoms with Crippen molar-refractivity contribution in [2.24, 2.45) is 0 Å². The van der Waals surface area contributed by atoms with Gasteiger partial charge in [0.25, 0.3) is 0 Å². The summed E-state index contributed by atoms with van der Waals surface area (Å²) in [5.41, 5.74) is -0.560. The van der Waals surface area contributed by atoms with Crippen LogP contribution in [0.5, 0.6) is 0 Å². The minimum atomic E-state index is -0.560. The van der Waals surface area contributed by atoms with Crippen molar-refractivity contribution in [3.63, 3.8) is 0 Å². The van der Waals surface area contributed by atoms with Gasteiger partial charge in [0, 0.05) is 25.6 Å². The summed E-state index contributed by atoms with van der Waals surface area (Å²) in [5.74, 6) is 2.46. The molecular weight excluding hydrogens is 240 g/mol. The Morgan fingerprint density at radius 3 is 2.37 bits per heavy atom. The third-order valence-corrected chi connectivity index (χ3v) is 3.58. The second kappa shape index (κ2) is 6.19. The highest BCUT2D eigenvalue weighted by atomic mass is 16.3. The van der Waals surface area contributed by atoms with Gasteiger partial charge in [-0.05, 0) is 19.8 Å². The zero-order valence-electron chi connectivity index (χ0n) is 11.9. The summed E-state index contributed by atoms with van der Waals surface area (Å²) in [4.78, 5) is 8.87. The Labute approximate surface area is 114 Å². The lowest BCUT2D eigenvalue weighted by Crippen LogP contribution is -2.33. The molecule has 0 spiro atoms. The van der Waals surface area contributed by atoms with Crippen molar-refractivity contribution in [1.29, 1.82) is 0 Å². The van der Waals surface area contributed by atoms with Crippen LogP contribution in [0.3, 0.4) is 0 Å². The van der Waals surface area contributed by atoms with Crippen molar-refractivity contribution in [2.45, 2.75) is 51.6 Å². The number of hydrogen-bond donors (Lipinski definition) is 3. The molecule has 1 fully saturated rings. The second-order valence-corrected chi connectivity index (χ2v) is 5.22. The molecule has 1 aromatic heterocycles. The van der Waals surface area contributed by atoms with Crippen LogP contribution in [0.1, 0.15) is 45.4 Å². The highest BCUT2D eigenvalue weighted by Crippen LogP contribution is 2.29. The molecule has 106 valence electrons. The van der Waals surface area contributed by atoms with Gasteiger partial charge in [0.05, 0.1) is 5.60 Å². The smallest absolute Gasteiger partial charge is 0.132 e. The van der Waals surface area contributed by atoms with Crippen LogP contribution in [0.4, 0.5) is 11.6 Å². The fourth-order valence-corrected chi connectivity index (χ4v) is 2.48. The Morgan fingerprint density at radius 1 is 1.16 bits per heavy atom. The maximum absolute atomic E-state index is 10.3. The summed E-state index contributed by atoms with van der Waals surface area (Å²) in [6, 6.07) is 1.90. The predicted molar refractivity (Wildman–Crippen MR) is 77.5 cm³/mol. The fourth-order valence-electron chi connectivity index (χ4n) is 2.48. The van der Waals surface area contributed by atoms with Gasteiger partial charge in [0.2, 0.25) is 0 Å². The first-order valence-corrected chi connectivity index (χ1v) is 7.23. The van der Waals surface area contributed by atoms with Crippen molar-refractivity contribution < 1.29 is 5.11 Å². The molecule has 0 saturated heterocycles. The minimum Gasteiger partial charge on any atom is -0.388 e. The number of nitrogens with zero attached hydrogens (tertiary/aromatic N) is 2. The van der Waals surface area contributed by atoms with E-state index >= 15 is 0 Å². The van der Waals surface area contributed by atoms with Gasteiger partial charge in [-0.15, -0.1) is 0 Å². The van der Waals surface area contributed by atoms with E-state index in [1.165, 1.54) is 0 Å².